The highest BCUT2D eigenvalue weighted by molar-refractivity contribution is 5.69. The van der Waals surface area contributed by atoms with E-state index >= 15 is 0 Å². The van der Waals surface area contributed by atoms with Gasteiger partial charge >= 0.3 is 5.69 Å². The fourth-order valence-corrected chi connectivity index (χ4v) is 3.31. The van der Waals surface area contributed by atoms with Crippen molar-refractivity contribution in [2.24, 2.45) is 5.92 Å². The predicted octanol–water partition coefficient (Wildman–Crippen LogP) is 2.16. The van der Waals surface area contributed by atoms with Crippen molar-refractivity contribution >= 4 is 17.2 Å². The molecule has 2 heterocycles. The zero-order valence-corrected chi connectivity index (χ0v) is 13.6. The Morgan fingerprint density at radius 3 is 2.83 bits per heavy atom. The standard InChI is InChI=1S/C18H18N4O2/c1-11(2)9-21-16-15(19-10-20-16)17(23)22(18(21)24)14-8-7-12-5-3-4-6-13(12)14/h3-8,10-11,14H,9H2,1-2H3,(H,19,20). The quantitative estimate of drug-likeness (QED) is 0.803. The molecule has 2 aromatic heterocycles. The van der Waals surface area contributed by atoms with Gasteiger partial charge < -0.3 is 4.98 Å². The molecule has 4 rings (SSSR count). The smallest absolute Gasteiger partial charge is 0.333 e. The van der Waals surface area contributed by atoms with Gasteiger partial charge in [0.25, 0.3) is 5.56 Å². The van der Waals surface area contributed by atoms with Crippen LogP contribution in [0.5, 0.6) is 0 Å². The van der Waals surface area contributed by atoms with Crippen molar-refractivity contribution in [2.45, 2.75) is 26.4 Å². The second-order valence-electron chi connectivity index (χ2n) is 6.50. The first-order chi connectivity index (χ1) is 11.6. The third-order valence-corrected chi connectivity index (χ3v) is 4.34. The van der Waals surface area contributed by atoms with Crippen molar-refractivity contribution in [1.82, 2.24) is 19.1 Å². The summed E-state index contributed by atoms with van der Waals surface area (Å²) in [5.41, 5.74) is 2.14. The fourth-order valence-electron chi connectivity index (χ4n) is 3.31. The minimum absolute atomic E-state index is 0.264. The number of nitrogens with one attached hydrogen (secondary N) is 1. The first kappa shape index (κ1) is 14.7. The third-order valence-electron chi connectivity index (χ3n) is 4.34. The average molecular weight is 322 g/mol. The Morgan fingerprint density at radius 2 is 2.04 bits per heavy atom. The van der Waals surface area contributed by atoms with Gasteiger partial charge in [0.05, 0.1) is 12.4 Å². The SMILES string of the molecule is CC(C)Cn1c(=O)n(C2C=Cc3ccccc32)c(=O)c2[nH]cnc21. The molecule has 122 valence electrons. The summed E-state index contributed by atoms with van der Waals surface area (Å²) in [5.74, 6) is 0.264. The summed E-state index contributed by atoms with van der Waals surface area (Å²) in [5, 5.41) is 0. The van der Waals surface area contributed by atoms with Gasteiger partial charge in [-0.1, -0.05) is 50.3 Å². The molecule has 1 aliphatic carbocycles. The van der Waals surface area contributed by atoms with Crippen molar-refractivity contribution < 1.29 is 0 Å². The Labute approximate surface area is 138 Å². The molecule has 1 aliphatic rings. The second-order valence-corrected chi connectivity index (χ2v) is 6.50. The lowest BCUT2D eigenvalue weighted by molar-refractivity contribution is 0.486. The van der Waals surface area contributed by atoms with E-state index in [9.17, 15) is 9.59 Å². The van der Waals surface area contributed by atoms with Crippen molar-refractivity contribution in [3.05, 3.63) is 68.6 Å². The molecule has 1 aromatic carbocycles. The lowest BCUT2D eigenvalue weighted by atomic mass is 10.1. The van der Waals surface area contributed by atoms with Crippen LogP contribution in [0.3, 0.4) is 0 Å². The maximum atomic E-state index is 13.1. The van der Waals surface area contributed by atoms with Crippen molar-refractivity contribution in [2.75, 3.05) is 0 Å². The van der Waals surface area contributed by atoms with Gasteiger partial charge in [-0.25, -0.2) is 14.3 Å². The van der Waals surface area contributed by atoms with Gasteiger partial charge in [-0.2, -0.15) is 0 Å². The lowest BCUT2D eigenvalue weighted by Gasteiger charge is -2.17. The molecule has 3 aromatic rings. The number of hydrogen-bond donors (Lipinski definition) is 1. The van der Waals surface area contributed by atoms with Crippen LogP contribution in [0.25, 0.3) is 17.2 Å². The summed E-state index contributed by atoms with van der Waals surface area (Å²) < 4.78 is 2.91. The normalized spacial score (nSPS) is 16.2. The highest BCUT2D eigenvalue weighted by Crippen LogP contribution is 2.29. The van der Waals surface area contributed by atoms with E-state index in [4.69, 9.17) is 0 Å². The number of aromatic nitrogens is 4. The van der Waals surface area contributed by atoms with Crippen LogP contribution in [0.2, 0.25) is 0 Å². The molecule has 0 saturated heterocycles. The van der Waals surface area contributed by atoms with Crippen LogP contribution >= 0.6 is 0 Å². The molecule has 0 amide bonds. The number of imidazole rings is 1. The molecule has 1 atom stereocenters. The number of aromatic amines is 1. The number of rotatable bonds is 3. The summed E-state index contributed by atoms with van der Waals surface area (Å²) in [4.78, 5) is 33.0. The van der Waals surface area contributed by atoms with E-state index in [0.717, 1.165) is 11.1 Å². The van der Waals surface area contributed by atoms with Crippen LogP contribution in [-0.2, 0) is 6.54 Å². The van der Waals surface area contributed by atoms with Gasteiger partial charge in [-0.05, 0) is 17.0 Å². The molecule has 0 radical (unpaired) electrons. The summed E-state index contributed by atoms with van der Waals surface area (Å²) in [6, 6.07) is 7.43. The van der Waals surface area contributed by atoms with Crippen LogP contribution < -0.4 is 11.2 Å². The maximum absolute atomic E-state index is 13.1. The number of nitrogens with zero attached hydrogens (tertiary/aromatic N) is 3. The van der Waals surface area contributed by atoms with E-state index in [2.05, 4.69) is 9.97 Å². The lowest BCUT2D eigenvalue weighted by Crippen LogP contribution is -2.42. The molecule has 6 heteroatoms. The minimum atomic E-state index is -0.382. The summed E-state index contributed by atoms with van der Waals surface area (Å²) in [6.45, 7) is 4.58. The van der Waals surface area contributed by atoms with Gasteiger partial charge in [-0.15, -0.1) is 0 Å². The number of benzene rings is 1. The molecular formula is C18H18N4O2. The number of hydrogen-bond acceptors (Lipinski definition) is 3. The van der Waals surface area contributed by atoms with Crippen molar-refractivity contribution in [3.63, 3.8) is 0 Å². The van der Waals surface area contributed by atoms with Gasteiger partial charge in [-0.3, -0.25) is 9.36 Å². The summed E-state index contributed by atoms with van der Waals surface area (Å²) in [7, 11) is 0. The predicted molar refractivity (Wildman–Crippen MR) is 93.1 cm³/mol. The monoisotopic (exact) mass is 322 g/mol. The van der Waals surface area contributed by atoms with E-state index in [1.165, 1.54) is 10.9 Å². The molecule has 0 saturated carbocycles. The molecular weight excluding hydrogens is 304 g/mol. The molecule has 0 spiro atoms. The Kier molecular flexibility index (Phi) is 3.26. The number of H-pyrrole nitrogens is 1. The Bertz CT molecular complexity index is 1070. The highest BCUT2D eigenvalue weighted by atomic mass is 16.2. The minimum Gasteiger partial charge on any atom is -0.339 e. The average Bonchev–Trinajstić information content (AvgIpc) is 3.19. The third kappa shape index (κ3) is 2.06. The molecule has 0 aliphatic heterocycles. The molecule has 24 heavy (non-hydrogen) atoms. The Morgan fingerprint density at radius 1 is 1.25 bits per heavy atom. The largest absolute Gasteiger partial charge is 0.339 e. The van der Waals surface area contributed by atoms with E-state index in [0.29, 0.717) is 17.7 Å². The second kappa shape index (κ2) is 5.33. The van der Waals surface area contributed by atoms with E-state index in [1.54, 1.807) is 4.57 Å². The highest BCUT2D eigenvalue weighted by Gasteiger charge is 2.25. The molecule has 1 N–H and O–H groups in total. The van der Waals surface area contributed by atoms with E-state index in [-0.39, 0.29) is 23.2 Å². The summed E-state index contributed by atoms with van der Waals surface area (Å²) in [6.07, 6.45) is 5.32. The van der Waals surface area contributed by atoms with Crippen LogP contribution in [0.1, 0.15) is 31.0 Å². The summed E-state index contributed by atoms with van der Waals surface area (Å²) >= 11 is 0. The zero-order valence-electron chi connectivity index (χ0n) is 13.6. The van der Waals surface area contributed by atoms with Crippen LogP contribution in [-0.4, -0.2) is 19.1 Å². The van der Waals surface area contributed by atoms with E-state index in [1.807, 2.05) is 50.3 Å². The number of allylic oxidation sites excluding steroid dienone is 1. The zero-order chi connectivity index (χ0) is 16.8. The Balaban J connectivity index is 2.02. The topological polar surface area (TPSA) is 72.7 Å². The molecule has 1 unspecified atom stereocenters. The van der Waals surface area contributed by atoms with Crippen LogP contribution in [0.15, 0.2) is 46.3 Å². The van der Waals surface area contributed by atoms with Gasteiger partial charge in [0.15, 0.2) is 5.65 Å². The van der Waals surface area contributed by atoms with Crippen LogP contribution in [0, 0.1) is 5.92 Å². The van der Waals surface area contributed by atoms with Crippen molar-refractivity contribution in [3.8, 4) is 0 Å². The first-order valence-corrected chi connectivity index (χ1v) is 8.03. The van der Waals surface area contributed by atoms with Crippen LogP contribution in [0.4, 0.5) is 0 Å². The molecule has 0 bridgehead atoms. The van der Waals surface area contributed by atoms with Gasteiger partial charge in [0, 0.05) is 6.54 Å². The Hall–Kier alpha value is -2.89. The molecule has 6 nitrogen and oxygen atoms in total. The first-order valence-electron chi connectivity index (χ1n) is 8.03. The maximum Gasteiger partial charge on any atom is 0.333 e. The van der Waals surface area contributed by atoms with Crippen molar-refractivity contribution in [1.29, 1.82) is 0 Å². The van der Waals surface area contributed by atoms with E-state index < -0.39 is 0 Å². The van der Waals surface area contributed by atoms with Gasteiger partial charge in [0.1, 0.15) is 5.52 Å². The molecule has 0 fully saturated rings. The number of fused-ring (bicyclic) bond motifs is 2. The fraction of sp³-hybridized carbons (Fsp3) is 0.278. The van der Waals surface area contributed by atoms with Gasteiger partial charge in [0.2, 0.25) is 0 Å².